The summed E-state index contributed by atoms with van der Waals surface area (Å²) in [6, 6.07) is 1.38. The van der Waals surface area contributed by atoms with E-state index >= 15 is 0 Å². The summed E-state index contributed by atoms with van der Waals surface area (Å²) in [6.45, 7) is -0.186. The second-order valence-electron chi connectivity index (χ2n) is 2.05. The number of aromatic carboxylic acids is 1. The molecule has 0 saturated heterocycles. The van der Waals surface area contributed by atoms with Crippen molar-refractivity contribution in [3.05, 3.63) is 29.6 Å². The number of rotatable bonds is 2. The lowest BCUT2D eigenvalue weighted by Crippen LogP contribution is -1.98. The maximum atomic E-state index is 10.3. The fraction of sp³-hybridized carbons (Fsp3) is 0.143. The highest BCUT2D eigenvalue weighted by Gasteiger charge is 2.02. The largest absolute Gasteiger partial charge is 0.478 e. The molecule has 1 heterocycles. The van der Waals surface area contributed by atoms with Crippen LogP contribution < -0.4 is 0 Å². The van der Waals surface area contributed by atoms with E-state index in [1.54, 1.807) is 0 Å². The number of nitrogens with zero attached hydrogens (tertiary/aromatic N) is 1. The minimum atomic E-state index is -1.03. The average Bonchev–Trinajstić information content (AvgIpc) is 2.05. The molecule has 58 valence electrons. The molecular weight excluding hydrogens is 146 g/mol. The lowest BCUT2D eigenvalue weighted by Gasteiger charge is -1.95. The highest BCUT2D eigenvalue weighted by molar-refractivity contribution is 5.87. The third-order valence-corrected chi connectivity index (χ3v) is 1.22. The molecule has 4 heteroatoms. The van der Waals surface area contributed by atoms with Gasteiger partial charge in [-0.25, -0.2) is 4.79 Å². The van der Waals surface area contributed by atoms with Gasteiger partial charge in [0.1, 0.15) is 0 Å². The average molecular weight is 153 g/mol. The van der Waals surface area contributed by atoms with E-state index < -0.39 is 5.97 Å². The van der Waals surface area contributed by atoms with Crippen LogP contribution >= 0.6 is 0 Å². The lowest BCUT2D eigenvalue weighted by atomic mass is 10.2. The smallest absolute Gasteiger partial charge is 0.337 e. The summed E-state index contributed by atoms with van der Waals surface area (Å²) in [4.78, 5) is 14.0. The monoisotopic (exact) mass is 153 g/mol. The van der Waals surface area contributed by atoms with E-state index in [0.717, 1.165) is 0 Å². The Morgan fingerprint density at radius 3 is 2.82 bits per heavy atom. The van der Waals surface area contributed by atoms with Gasteiger partial charge in [0.15, 0.2) is 0 Å². The van der Waals surface area contributed by atoms with Crippen molar-refractivity contribution < 1.29 is 15.0 Å². The highest BCUT2D eigenvalue weighted by atomic mass is 16.4. The number of hydrogen-bond acceptors (Lipinski definition) is 3. The number of pyridine rings is 1. The Hall–Kier alpha value is -1.42. The number of carboxylic acid groups (broad SMARTS) is 1. The van der Waals surface area contributed by atoms with Crippen molar-refractivity contribution >= 4 is 5.97 Å². The van der Waals surface area contributed by atoms with Crippen LogP contribution in [-0.4, -0.2) is 21.2 Å². The van der Waals surface area contributed by atoms with Gasteiger partial charge in [0.25, 0.3) is 0 Å². The van der Waals surface area contributed by atoms with Gasteiger partial charge in [0.05, 0.1) is 12.2 Å². The Morgan fingerprint density at radius 2 is 2.27 bits per heavy atom. The Balaban J connectivity index is 3.01. The first-order valence-electron chi connectivity index (χ1n) is 3.02. The SMILES string of the molecule is O=C(O)c1cncc(CO)c1. The highest BCUT2D eigenvalue weighted by Crippen LogP contribution is 2.01. The normalized spacial score (nSPS) is 9.55. The fourth-order valence-corrected chi connectivity index (χ4v) is 0.691. The first-order valence-corrected chi connectivity index (χ1v) is 3.02. The van der Waals surface area contributed by atoms with Crippen LogP contribution in [0.4, 0.5) is 0 Å². The Morgan fingerprint density at radius 1 is 1.55 bits per heavy atom. The molecule has 0 amide bonds. The third-order valence-electron chi connectivity index (χ3n) is 1.22. The molecule has 1 rings (SSSR count). The zero-order chi connectivity index (χ0) is 8.27. The maximum absolute atomic E-state index is 10.3. The topological polar surface area (TPSA) is 70.4 Å². The van der Waals surface area contributed by atoms with Crippen LogP contribution in [0.25, 0.3) is 0 Å². The van der Waals surface area contributed by atoms with Crippen LogP contribution in [0, 0.1) is 0 Å². The zero-order valence-electron chi connectivity index (χ0n) is 5.69. The molecule has 0 unspecified atom stereocenters. The zero-order valence-corrected chi connectivity index (χ0v) is 5.69. The van der Waals surface area contributed by atoms with Crippen molar-refractivity contribution in [3.63, 3.8) is 0 Å². The summed E-state index contributed by atoms with van der Waals surface area (Å²) in [5.74, 6) is -1.03. The summed E-state index contributed by atoms with van der Waals surface area (Å²) >= 11 is 0. The summed E-state index contributed by atoms with van der Waals surface area (Å²) in [7, 11) is 0. The summed E-state index contributed by atoms with van der Waals surface area (Å²) in [5.41, 5.74) is 0.599. The molecule has 0 saturated carbocycles. The van der Waals surface area contributed by atoms with Gasteiger partial charge in [-0.15, -0.1) is 0 Å². The molecule has 4 nitrogen and oxygen atoms in total. The van der Waals surface area contributed by atoms with Gasteiger partial charge in [-0.05, 0) is 11.6 Å². The maximum Gasteiger partial charge on any atom is 0.337 e. The molecule has 0 aromatic carbocycles. The van der Waals surface area contributed by atoms with E-state index in [4.69, 9.17) is 10.2 Å². The fourth-order valence-electron chi connectivity index (χ4n) is 0.691. The minimum Gasteiger partial charge on any atom is -0.478 e. The van der Waals surface area contributed by atoms with Gasteiger partial charge in [-0.2, -0.15) is 0 Å². The first-order chi connectivity index (χ1) is 5.24. The Labute approximate surface area is 63.1 Å². The third kappa shape index (κ3) is 1.75. The molecule has 0 fully saturated rings. The number of hydrogen-bond donors (Lipinski definition) is 2. The van der Waals surface area contributed by atoms with E-state index in [1.807, 2.05) is 0 Å². The minimum absolute atomic E-state index is 0.0940. The van der Waals surface area contributed by atoms with Crippen molar-refractivity contribution in [2.45, 2.75) is 6.61 Å². The molecular formula is C7H7NO3. The molecule has 0 radical (unpaired) electrons. The van der Waals surface area contributed by atoms with Gasteiger partial charge in [-0.1, -0.05) is 0 Å². The van der Waals surface area contributed by atoms with Crippen LogP contribution in [0.15, 0.2) is 18.5 Å². The van der Waals surface area contributed by atoms with Crippen molar-refractivity contribution in [2.75, 3.05) is 0 Å². The number of carbonyl (C=O) groups is 1. The number of carboxylic acids is 1. The van der Waals surface area contributed by atoms with Crippen LogP contribution in [0.3, 0.4) is 0 Å². The van der Waals surface area contributed by atoms with Gasteiger partial charge in [-0.3, -0.25) is 4.98 Å². The molecule has 2 N–H and O–H groups in total. The van der Waals surface area contributed by atoms with Crippen LogP contribution in [-0.2, 0) is 6.61 Å². The van der Waals surface area contributed by atoms with Crippen LogP contribution in [0.5, 0.6) is 0 Å². The van der Waals surface area contributed by atoms with E-state index in [-0.39, 0.29) is 12.2 Å². The van der Waals surface area contributed by atoms with Crippen molar-refractivity contribution in [3.8, 4) is 0 Å². The standard InChI is InChI=1S/C7H7NO3/c9-4-5-1-6(7(10)11)3-8-2-5/h1-3,9H,4H2,(H,10,11). The first kappa shape index (κ1) is 7.68. The van der Waals surface area contributed by atoms with Gasteiger partial charge in [0.2, 0.25) is 0 Å². The lowest BCUT2D eigenvalue weighted by molar-refractivity contribution is 0.0696. The van der Waals surface area contributed by atoms with E-state index in [2.05, 4.69) is 4.98 Å². The van der Waals surface area contributed by atoms with Gasteiger partial charge in [0, 0.05) is 12.4 Å². The van der Waals surface area contributed by atoms with Gasteiger partial charge >= 0.3 is 5.97 Å². The predicted molar refractivity (Wildman–Crippen MR) is 37.1 cm³/mol. The molecule has 0 atom stereocenters. The summed E-state index contributed by atoms with van der Waals surface area (Å²) in [6.07, 6.45) is 2.66. The number of aliphatic hydroxyl groups excluding tert-OH is 1. The number of aromatic nitrogens is 1. The second-order valence-corrected chi connectivity index (χ2v) is 2.05. The molecule has 0 aliphatic carbocycles. The molecule has 0 aliphatic rings. The molecule has 11 heavy (non-hydrogen) atoms. The molecule has 0 bridgehead atoms. The summed E-state index contributed by atoms with van der Waals surface area (Å²) in [5, 5.41) is 17.1. The molecule has 1 aromatic rings. The van der Waals surface area contributed by atoms with Crippen molar-refractivity contribution in [2.24, 2.45) is 0 Å². The van der Waals surface area contributed by atoms with E-state index in [1.165, 1.54) is 18.5 Å². The van der Waals surface area contributed by atoms with Crippen molar-refractivity contribution in [1.82, 2.24) is 4.98 Å². The quantitative estimate of drug-likeness (QED) is 0.639. The molecule has 0 aliphatic heterocycles. The second kappa shape index (κ2) is 3.12. The number of aliphatic hydroxyl groups is 1. The molecule has 0 spiro atoms. The van der Waals surface area contributed by atoms with E-state index in [9.17, 15) is 4.79 Å². The van der Waals surface area contributed by atoms with E-state index in [0.29, 0.717) is 5.56 Å². The Bertz CT molecular complexity index is 272. The van der Waals surface area contributed by atoms with Gasteiger partial charge < -0.3 is 10.2 Å². The summed E-state index contributed by atoms with van der Waals surface area (Å²) < 4.78 is 0. The van der Waals surface area contributed by atoms with Crippen LogP contribution in [0.1, 0.15) is 15.9 Å². The molecule has 1 aromatic heterocycles. The van der Waals surface area contributed by atoms with Crippen molar-refractivity contribution in [1.29, 1.82) is 0 Å². The Kier molecular flexibility index (Phi) is 2.18. The van der Waals surface area contributed by atoms with Crippen LogP contribution in [0.2, 0.25) is 0 Å². The predicted octanol–water partition coefficient (Wildman–Crippen LogP) is 0.272.